The highest BCUT2D eigenvalue weighted by atomic mass is 19.4. The summed E-state index contributed by atoms with van der Waals surface area (Å²) in [7, 11) is 0. The van der Waals surface area contributed by atoms with Gasteiger partial charge in [0.05, 0.1) is 11.4 Å². The zero-order valence-electron chi connectivity index (χ0n) is 11.6. The maximum Gasteiger partial charge on any atom is 0.420 e. The van der Waals surface area contributed by atoms with Crippen LogP contribution in [0.2, 0.25) is 0 Å². The van der Waals surface area contributed by atoms with Gasteiger partial charge in [-0.1, -0.05) is 12.1 Å². The van der Waals surface area contributed by atoms with E-state index in [0.717, 1.165) is 12.1 Å². The molecule has 0 spiro atoms. The molecule has 24 heavy (non-hydrogen) atoms. The van der Waals surface area contributed by atoms with Crippen LogP contribution >= 0.6 is 0 Å². The quantitative estimate of drug-likeness (QED) is 0.355. The van der Waals surface area contributed by atoms with Crippen molar-refractivity contribution in [1.82, 2.24) is 0 Å². The predicted octanol–water partition coefficient (Wildman–Crippen LogP) is 3.97. The molecule has 0 aliphatic heterocycles. The molecule has 0 unspecified atom stereocenters. The summed E-state index contributed by atoms with van der Waals surface area (Å²) < 4.78 is 79.1. The lowest BCUT2D eigenvalue weighted by Gasteiger charge is -2.20. The molecule has 0 aliphatic carbocycles. The van der Waals surface area contributed by atoms with Gasteiger partial charge in [0.1, 0.15) is 16.9 Å². The highest BCUT2D eigenvalue weighted by Gasteiger charge is 2.42. The monoisotopic (exact) mass is 352 g/mol. The number of hydrogen-bond donors (Lipinski definition) is 4. The van der Waals surface area contributed by atoms with Crippen molar-refractivity contribution in [3.8, 4) is 22.6 Å². The molecule has 130 valence electrons. The van der Waals surface area contributed by atoms with Crippen molar-refractivity contribution >= 4 is 11.4 Å². The number of phenolic OH excluding ortho intramolecular Hbond substituents is 2. The molecule has 0 saturated heterocycles. The molecule has 0 amide bonds. The largest absolute Gasteiger partial charge is 0.507 e. The molecular formula is C14H10F6N2O2. The molecule has 0 saturated carbocycles. The van der Waals surface area contributed by atoms with Crippen molar-refractivity contribution in [1.29, 1.82) is 0 Å². The number of nitrogens with two attached hydrogens (primary N) is 2. The van der Waals surface area contributed by atoms with E-state index in [1.807, 2.05) is 0 Å². The van der Waals surface area contributed by atoms with E-state index in [1.54, 1.807) is 0 Å². The number of phenols is 2. The molecular weight excluding hydrogens is 342 g/mol. The molecule has 0 radical (unpaired) electrons. The summed E-state index contributed by atoms with van der Waals surface area (Å²) in [4.78, 5) is 0. The summed E-state index contributed by atoms with van der Waals surface area (Å²) in [6.45, 7) is 0. The number of halogens is 6. The van der Waals surface area contributed by atoms with E-state index >= 15 is 0 Å². The number of benzene rings is 2. The van der Waals surface area contributed by atoms with Gasteiger partial charge in [0, 0.05) is 5.56 Å². The second-order valence-corrected chi connectivity index (χ2v) is 4.85. The molecule has 4 nitrogen and oxygen atoms in total. The molecule has 2 aromatic carbocycles. The van der Waals surface area contributed by atoms with E-state index in [-0.39, 0.29) is 0 Å². The van der Waals surface area contributed by atoms with E-state index in [9.17, 15) is 36.6 Å². The van der Waals surface area contributed by atoms with E-state index in [4.69, 9.17) is 11.5 Å². The van der Waals surface area contributed by atoms with Crippen molar-refractivity contribution in [2.24, 2.45) is 0 Å². The van der Waals surface area contributed by atoms with Gasteiger partial charge in [-0.25, -0.2) is 0 Å². The van der Waals surface area contributed by atoms with Gasteiger partial charge in [0.2, 0.25) is 0 Å². The highest BCUT2D eigenvalue weighted by Crippen LogP contribution is 2.50. The van der Waals surface area contributed by atoms with E-state index in [2.05, 4.69) is 0 Å². The molecule has 2 aromatic rings. The van der Waals surface area contributed by atoms with Gasteiger partial charge in [0.15, 0.2) is 5.75 Å². The lowest BCUT2D eigenvalue weighted by molar-refractivity contribution is -0.140. The van der Waals surface area contributed by atoms with Crippen molar-refractivity contribution in [2.75, 3.05) is 11.5 Å². The fourth-order valence-corrected chi connectivity index (χ4v) is 2.27. The predicted molar refractivity (Wildman–Crippen MR) is 74.0 cm³/mol. The summed E-state index contributed by atoms with van der Waals surface area (Å²) in [6.07, 6.45) is -10.4. The smallest absolute Gasteiger partial charge is 0.420 e. The molecule has 0 aliphatic rings. The van der Waals surface area contributed by atoms with Crippen LogP contribution in [0.1, 0.15) is 11.1 Å². The van der Waals surface area contributed by atoms with Crippen LogP contribution in [0.15, 0.2) is 24.3 Å². The second-order valence-electron chi connectivity index (χ2n) is 4.85. The molecule has 10 heteroatoms. The molecule has 2 rings (SSSR count). The fourth-order valence-electron chi connectivity index (χ4n) is 2.27. The van der Waals surface area contributed by atoms with Crippen LogP contribution in [0, 0.1) is 0 Å². The van der Waals surface area contributed by atoms with Crippen molar-refractivity contribution in [3.05, 3.63) is 35.4 Å². The number of anilines is 2. The van der Waals surface area contributed by atoms with Crippen LogP contribution in [-0.2, 0) is 12.4 Å². The normalized spacial score (nSPS) is 12.4. The Kier molecular flexibility index (Phi) is 3.95. The van der Waals surface area contributed by atoms with Crippen LogP contribution in [0.4, 0.5) is 37.7 Å². The topological polar surface area (TPSA) is 92.5 Å². The van der Waals surface area contributed by atoms with E-state index in [1.165, 1.54) is 0 Å². The van der Waals surface area contributed by atoms with Crippen molar-refractivity contribution < 1.29 is 36.6 Å². The Bertz CT molecular complexity index is 799. The van der Waals surface area contributed by atoms with Crippen LogP contribution < -0.4 is 11.5 Å². The Morgan fingerprint density at radius 3 is 1.83 bits per heavy atom. The third-order valence-electron chi connectivity index (χ3n) is 3.27. The second kappa shape index (κ2) is 5.39. The first-order valence-corrected chi connectivity index (χ1v) is 6.23. The van der Waals surface area contributed by atoms with Gasteiger partial charge in [-0.05, 0) is 17.7 Å². The van der Waals surface area contributed by atoms with Gasteiger partial charge in [-0.2, -0.15) is 26.3 Å². The van der Waals surface area contributed by atoms with Crippen molar-refractivity contribution in [3.63, 3.8) is 0 Å². The average molecular weight is 352 g/mol. The Morgan fingerprint density at radius 2 is 1.33 bits per heavy atom. The number of hydrogen-bond acceptors (Lipinski definition) is 4. The van der Waals surface area contributed by atoms with Crippen LogP contribution in [0.5, 0.6) is 11.5 Å². The number of aromatic hydroxyl groups is 2. The first kappa shape index (κ1) is 17.6. The molecule has 6 N–H and O–H groups in total. The van der Waals surface area contributed by atoms with Gasteiger partial charge in [-0.3, -0.25) is 0 Å². The third-order valence-corrected chi connectivity index (χ3v) is 3.27. The first-order chi connectivity index (χ1) is 10.9. The van der Waals surface area contributed by atoms with Crippen LogP contribution in [0.25, 0.3) is 11.1 Å². The minimum Gasteiger partial charge on any atom is -0.507 e. The molecule has 0 heterocycles. The minimum atomic E-state index is -5.21. The van der Waals surface area contributed by atoms with Crippen LogP contribution in [-0.4, -0.2) is 10.2 Å². The molecule has 0 aromatic heterocycles. The Balaban J connectivity index is 2.97. The maximum absolute atomic E-state index is 13.2. The van der Waals surface area contributed by atoms with Gasteiger partial charge < -0.3 is 21.7 Å². The summed E-state index contributed by atoms with van der Waals surface area (Å²) in [6, 6.07) is 2.91. The molecule has 0 bridgehead atoms. The maximum atomic E-state index is 13.2. The number of rotatable bonds is 1. The molecule has 0 fully saturated rings. The number of nitrogen functional groups attached to an aromatic ring is 2. The Labute approximate surface area is 130 Å². The zero-order valence-corrected chi connectivity index (χ0v) is 11.6. The SMILES string of the molecule is Nc1cc(-c2cccc(O)c2C(F)(F)F)c(C(F)(F)F)c(O)c1N. The summed E-state index contributed by atoms with van der Waals surface area (Å²) >= 11 is 0. The Morgan fingerprint density at radius 1 is 0.792 bits per heavy atom. The Hall–Kier alpha value is -2.78. The lowest BCUT2D eigenvalue weighted by Crippen LogP contribution is -2.13. The zero-order chi connectivity index (χ0) is 18.4. The first-order valence-electron chi connectivity index (χ1n) is 6.23. The van der Waals surface area contributed by atoms with E-state index in [0.29, 0.717) is 12.1 Å². The van der Waals surface area contributed by atoms with Crippen molar-refractivity contribution in [2.45, 2.75) is 12.4 Å². The van der Waals surface area contributed by atoms with Gasteiger partial charge in [-0.15, -0.1) is 0 Å². The summed E-state index contributed by atoms with van der Waals surface area (Å²) in [5.41, 5.74) is 3.77. The molecule has 0 atom stereocenters. The lowest BCUT2D eigenvalue weighted by atomic mass is 9.92. The minimum absolute atomic E-state index is 0.535. The van der Waals surface area contributed by atoms with Crippen LogP contribution in [0.3, 0.4) is 0 Å². The fraction of sp³-hybridized carbons (Fsp3) is 0.143. The standard InChI is InChI=1S/C14H10F6N2O2/c15-13(16,17)9-5(2-1-3-8(9)23)6-4-7(21)11(22)12(24)10(6)14(18,19)20/h1-4,23-24H,21-22H2. The third kappa shape index (κ3) is 2.86. The number of alkyl halides is 6. The van der Waals surface area contributed by atoms with Gasteiger partial charge in [0.25, 0.3) is 0 Å². The highest BCUT2D eigenvalue weighted by molar-refractivity contribution is 5.85. The summed E-state index contributed by atoms with van der Waals surface area (Å²) in [5.74, 6) is -2.74. The van der Waals surface area contributed by atoms with Gasteiger partial charge >= 0.3 is 12.4 Å². The van der Waals surface area contributed by atoms with E-state index < -0.39 is 57.5 Å². The average Bonchev–Trinajstić information content (AvgIpc) is 2.41. The summed E-state index contributed by atoms with van der Waals surface area (Å²) in [5, 5.41) is 19.1.